The van der Waals surface area contributed by atoms with Crippen LogP contribution in [0.5, 0.6) is 5.75 Å². The van der Waals surface area contributed by atoms with Crippen LogP contribution in [0, 0.1) is 17.2 Å². The number of hydrogen-bond donors (Lipinski definition) is 0. The van der Waals surface area contributed by atoms with Crippen molar-refractivity contribution in [1.29, 1.82) is 0 Å². The average Bonchev–Trinajstić information content (AvgIpc) is 3.54. The number of hydrogen-bond acceptors (Lipinski definition) is 4. The SMILES string of the molecule is CN1CCOc2c(F)cccc2-c2cccc(c2)C[C@H]2[C@@H](CS(=O)(=O)CF)C3(CC3)CN2C1=O. The molecule has 1 saturated carbocycles. The van der Waals surface area contributed by atoms with Crippen LogP contribution in [0.3, 0.4) is 0 Å². The third kappa shape index (κ3) is 4.15. The first-order valence-corrected chi connectivity index (χ1v) is 13.3. The van der Waals surface area contributed by atoms with Crippen molar-refractivity contribution in [2.45, 2.75) is 25.3 Å². The number of para-hydroxylation sites is 1. The number of halogens is 2. The summed E-state index contributed by atoms with van der Waals surface area (Å²) in [5.74, 6) is -0.928. The Morgan fingerprint density at radius 2 is 1.94 bits per heavy atom. The van der Waals surface area contributed by atoms with Crippen LogP contribution in [0.15, 0.2) is 42.5 Å². The molecular formula is C25H28F2N2O4S. The summed E-state index contributed by atoms with van der Waals surface area (Å²) in [4.78, 5) is 16.8. The quantitative estimate of drug-likeness (QED) is 0.655. The smallest absolute Gasteiger partial charge is 0.320 e. The highest BCUT2D eigenvalue weighted by Gasteiger charge is 2.61. The zero-order valence-electron chi connectivity index (χ0n) is 19.0. The van der Waals surface area contributed by atoms with Gasteiger partial charge in [0.05, 0.1) is 12.3 Å². The first-order valence-electron chi connectivity index (χ1n) is 11.5. The Balaban J connectivity index is 1.59. The molecule has 2 fully saturated rings. The van der Waals surface area contributed by atoms with Crippen molar-refractivity contribution < 1.29 is 26.7 Å². The number of rotatable bonds is 3. The number of carbonyl (C=O) groups is 1. The Morgan fingerprint density at radius 3 is 2.68 bits per heavy atom. The minimum absolute atomic E-state index is 0.110. The van der Waals surface area contributed by atoms with E-state index in [0.29, 0.717) is 18.5 Å². The van der Waals surface area contributed by atoms with E-state index in [2.05, 4.69) is 0 Å². The van der Waals surface area contributed by atoms with Crippen LogP contribution in [0.2, 0.25) is 0 Å². The van der Waals surface area contributed by atoms with Crippen molar-refractivity contribution in [2.24, 2.45) is 11.3 Å². The number of amides is 2. The van der Waals surface area contributed by atoms with Gasteiger partial charge in [0, 0.05) is 31.1 Å². The number of fused-ring (bicyclic) bond motifs is 5. The van der Waals surface area contributed by atoms with Crippen molar-refractivity contribution in [2.75, 3.05) is 38.5 Å². The Kier molecular flexibility index (Phi) is 5.78. The van der Waals surface area contributed by atoms with Gasteiger partial charge < -0.3 is 14.5 Å². The number of nitrogens with zero attached hydrogens (tertiary/aromatic N) is 2. The van der Waals surface area contributed by atoms with Crippen LogP contribution >= 0.6 is 0 Å². The first-order chi connectivity index (χ1) is 16.2. The maximum Gasteiger partial charge on any atom is 0.320 e. The fraction of sp³-hybridized carbons (Fsp3) is 0.480. The Bertz CT molecular complexity index is 1220. The molecule has 2 atom stereocenters. The van der Waals surface area contributed by atoms with Gasteiger partial charge in [0.25, 0.3) is 0 Å². The molecule has 5 rings (SSSR count). The number of carbonyl (C=O) groups excluding carboxylic acids is 1. The zero-order valence-corrected chi connectivity index (χ0v) is 19.9. The molecule has 1 saturated heterocycles. The molecule has 2 heterocycles. The normalized spacial score (nSPS) is 23.9. The minimum Gasteiger partial charge on any atom is -0.488 e. The molecule has 2 aliphatic heterocycles. The number of urea groups is 1. The zero-order chi connectivity index (χ0) is 24.1. The van der Waals surface area contributed by atoms with Crippen molar-refractivity contribution >= 4 is 15.9 Å². The molecule has 1 aliphatic carbocycles. The Labute approximate surface area is 198 Å². The fourth-order valence-electron chi connectivity index (χ4n) is 5.55. The highest BCUT2D eigenvalue weighted by atomic mass is 32.2. The lowest BCUT2D eigenvalue weighted by molar-refractivity contribution is 0.144. The molecule has 2 aromatic carbocycles. The Morgan fingerprint density at radius 1 is 1.18 bits per heavy atom. The molecule has 182 valence electrons. The molecule has 0 radical (unpaired) electrons. The van der Waals surface area contributed by atoms with E-state index in [1.807, 2.05) is 24.3 Å². The predicted molar refractivity (Wildman–Crippen MR) is 124 cm³/mol. The van der Waals surface area contributed by atoms with Crippen LogP contribution in [-0.2, 0) is 16.3 Å². The maximum atomic E-state index is 14.6. The first kappa shape index (κ1) is 23.1. The Hall–Kier alpha value is -2.68. The largest absolute Gasteiger partial charge is 0.488 e. The van der Waals surface area contributed by atoms with Gasteiger partial charge in [-0.1, -0.05) is 36.4 Å². The lowest BCUT2D eigenvalue weighted by Crippen LogP contribution is -2.47. The third-order valence-corrected chi connectivity index (χ3v) is 8.72. The van der Waals surface area contributed by atoms with Gasteiger partial charge in [-0.25, -0.2) is 22.0 Å². The molecule has 0 unspecified atom stereocenters. The predicted octanol–water partition coefficient (Wildman–Crippen LogP) is 3.90. The molecule has 0 N–H and O–H groups in total. The molecule has 34 heavy (non-hydrogen) atoms. The van der Waals surface area contributed by atoms with Gasteiger partial charge in [-0.05, 0) is 41.9 Å². The standard InChI is InChI=1S/C25H28F2N2O4S/c1-28-10-11-33-23-19(6-3-7-21(23)27)18-5-2-4-17(12-18)13-22-20(14-34(31,32)16-26)25(8-9-25)15-29(22)24(28)30/h2-7,12,20,22H,8-11,13-16H2,1H3/t20-,22+/m1/s1. The van der Waals surface area contributed by atoms with Gasteiger partial charge in [-0.2, -0.15) is 0 Å². The second kappa shape index (κ2) is 8.52. The number of benzene rings is 2. The summed E-state index contributed by atoms with van der Waals surface area (Å²) >= 11 is 0. The molecule has 1 spiro atoms. The summed E-state index contributed by atoms with van der Waals surface area (Å²) in [5.41, 5.74) is 2.03. The van der Waals surface area contributed by atoms with Crippen molar-refractivity contribution in [3.05, 3.63) is 53.8 Å². The van der Waals surface area contributed by atoms with Gasteiger partial charge in [-0.3, -0.25) is 0 Å². The molecule has 2 amide bonds. The van der Waals surface area contributed by atoms with Gasteiger partial charge >= 0.3 is 6.03 Å². The van der Waals surface area contributed by atoms with E-state index >= 15 is 0 Å². The van der Waals surface area contributed by atoms with E-state index in [4.69, 9.17) is 4.74 Å². The summed E-state index contributed by atoms with van der Waals surface area (Å²) < 4.78 is 58.4. The monoisotopic (exact) mass is 490 g/mol. The lowest BCUT2D eigenvalue weighted by Gasteiger charge is -2.32. The van der Waals surface area contributed by atoms with Crippen molar-refractivity contribution in [3.63, 3.8) is 0 Å². The number of ether oxygens (including phenoxy) is 1. The van der Waals surface area contributed by atoms with E-state index in [1.54, 1.807) is 24.1 Å². The van der Waals surface area contributed by atoms with Crippen LogP contribution in [0.4, 0.5) is 13.6 Å². The van der Waals surface area contributed by atoms with Crippen LogP contribution in [0.1, 0.15) is 18.4 Å². The van der Waals surface area contributed by atoms with Gasteiger partial charge in [0.2, 0.25) is 0 Å². The van der Waals surface area contributed by atoms with Gasteiger partial charge in [-0.15, -0.1) is 0 Å². The molecule has 0 aromatic heterocycles. The average molecular weight is 491 g/mol. The molecule has 9 heteroatoms. The van der Waals surface area contributed by atoms with Crippen molar-refractivity contribution in [3.8, 4) is 16.9 Å². The molecule has 2 aromatic rings. The van der Waals surface area contributed by atoms with E-state index in [-0.39, 0.29) is 48.1 Å². The highest BCUT2D eigenvalue weighted by molar-refractivity contribution is 7.91. The number of alkyl halides is 1. The van der Waals surface area contributed by atoms with E-state index < -0.39 is 21.7 Å². The number of sulfone groups is 1. The molecular weight excluding hydrogens is 462 g/mol. The van der Waals surface area contributed by atoms with Crippen LogP contribution in [0.25, 0.3) is 11.1 Å². The van der Waals surface area contributed by atoms with Crippen LogP contribution < -0.4 is 4.74 Å². The highest BCUT2D eigenvalue weighted by Crippen LogP contribution is 2.59. The van der Waals surface area contributed by atoms with E-state index in [1.165, 1.54) is 11.0 Å². The lowest BCUT2D eigenvalue weighted by atomic mass is 9.86. The third-order valence-electron chi connectivity index (χ3n) is 7.52. The molecule has 2 bridgehead atoms. The summed E-state index contributed by atoms with van der Waals surface area (Å²) in [7, 11) is -2.20. The second-order valence-corrected chi connectivity index (χ2v) is 11.8. The maximum absolute atomic E-state index is 14.6. The minimum atomic E-state index is -3.87. The number of likely N-dealkylation sites (N-methyl/N-ethyl adjacent to an activating group) is 1. The summed E-state index contributed by atoms with van der Waals surface area (Å²) in [5, 5.41) is 0. The topological polar surface area (TPSA) is 66.9 Å². The summed E-state index contributed by atoms with van der Waals surface area (Å²) in [6.45, 7) is 0.815. The van der Waals surface area contributed by atoms with E-state index in [0.717, 1.165) is 24.0 Å². The molecule has 6 nitrogen and oxygen atoms in total. The second-order valence-electron chi connectivity index (χ2n) is 9.76. The summed E-state index contributed by atoms with van der Waals surface area (Å²) in [6.07, 6.45) is 2.10. The van der Waals surface area contributed by atoms with Gasteiger partial charge in [0.1, 0.15) is 6.61 Å². The molecule has 3 aliphatic rings. The van der Waals surface area contributed by atoms with Crippen LogP contribution in [-0.4, -0.2) is 68.8 Å². The summed E-state index contributed by atoms with van der Waals surface area (Å²) in [6, 6.07) is 10.4. The van der Waals surface area contributed by atoms with Gasteiger partial charge in [0.15, 0.2) is 27.4 Å². The van der Waals surface area contributed by atoms with E-state index in [9.17, 15) is 22.0 Å². The fourth-order valence-corrected chi connectivity index (χ4v) is 6.76. The van der Waals surface area contributed by atoms with Crippen molar-refractivity contribution in [1.82, 2.24) is 9.80 Å².